The van der Waals surface area contributed by atoms with Gasteiger partial charge in [-0.1, -0.05) is 30.3 Å². The number of hydrogen-bond acceptors (Lipinski definition) is 5. The van der Waals surface area contributed by atoms with Crippen molar-refractivity contribution in [3.8, 4) is 0 Å². The summed E-state index contributed by atoms with van der Waals surface area (Å²) in [5.41, 5.74) is 2.37. The van der Waals surface area contributed by atoms with Crippen molar-refractivity contribution in [3.63, 3.8) is 0 Å². The first-order valence-electron chi connectivity index (χ1n) is 10.9. The number of nitrogens with zero attached hydrogens (tertiary/aromatic N) is 1. The van der Waals surface area contributed by atoms with Crippen LogP contribution in [0.3, 0.4) is 0 Å². The minimum atomic E-state index is -0.659. The summed E-state index contributed by atoms with van der Waals surface area (Å²) < 4.78 is 10.8. The van der Waals surface area contributed by atoms with Gasteiger partial charge in [0.15, 0.2) is 0 Å². The molecular weight excluding hydrogens is 394 g/mol. The third-order valence-corrected chi connectivity index (χ3v) is 5.93. The minimum absolute atomic E-state index is 0.263. The Balaban J connectivity index is 1.47. The number of ether oxygens (including phenoxy) is 1. The minimum Gasteiger partial charge on any atom is -0.467 e. The lowest BCUT2D eigenvalue weighted by Crippen LogP contribution is -2.49. The van der Waals surface area contributed by atoms with E-state index in [4.69, 9.17) is 9.15 Å². The molecule has 0 spiro atoms. The van der Waals surface area contributed by atoms with E-state index in [1.54, 1.807) is 19.1 Å². The van der Waals surface area contributed by atoms with Crippen molar-refractivity contribution in [3.05, 3.63) is 71.3 Å². The molecule has 4 rings (SSSR count). The van der Waals surface area contributed by atoms with Crippen LogP contribution in [0.15, 0.2) is 64.4 Å². The molecule has 7 nitrogen and oxygen atoms in total. The largest absolute Gasteiger partial charge is 0.467 e. The Morgan fingerprint density at radius 2 is 1.94 bits per heavy atom. The highest BCUT2D eigenvalue weighted by atomic mass is 16.5. The second-order valence-electron chi connectivity index (χ2n) is 8.07. The van der Waals surface area contributed by atoms with Crippen molar-refractivity contribution in [2.75, 3.05) is 26.2 Å². The van der Waals surface area contributed by atoms with E-state index in [1.165, 1.54) is 11.8 Å². The molecule has 31 heavy (non-hydrogen) atoms. The van der Waals surface area contributed by atoms with Crippen molar-refractivity contribution in [2.24, 2.45) is 5.92 Å². The molecule has 1 unspecified atom stereocenters. The Hall–Kier alpha value is -3.06. The number of furan rings is 1. The summed E-state index contributed by atoms with van der Waals surface area (Å²) in [5, 5.41) is 5.63. The predicted molar refractivity (Wildman–Crippen MR) is 116 cm³/mol. The van der Waals surface area contributed by atoms with Gasteiger partial charge in [0.05, 0.1) is 18.4 Å². The van der Waals surface area contributed by atoms with Crippen LogP contribution >= 0.6 is 0 Å². The van der Waals surface area contributed by atoms with Crippen LogP contribution in [0.4, 0.5) is 4.79 Å². The van der Waals surface area contributed by atoms with Gasteiger partial charge in [0.1, 0.15) is 11.8 Å². The summed E-state index contributed by atoms with van der Waals surface area (Å²) in [6.45, 7) is 4.38. The van der Waals surface area contributed by atoms with Gasteiger partial charge in [0, 0.05) is 12.2 Å². The van der Waals surface area contributed by atoms with E-state index < -0.39 is 12.0 Å². The molecule has 1 saturated heterocycles. The molecule has 3 heterocycles. The highest BCUT2D eigenvalue weighted by Gasteiger charge is 2.36. The smallest absolute Gasteiger partial charge is 0.338 e. The monoisotopic (exact) mass is 423 g/mol. The van der Waals surface area contributed by atoms with Gasteiger partial charge in [-0.05, 0) is 62.9 Å². The Labute approximate surface area is 182 Å². The van der Waals surface area contributed by atoms with E-state index in [0.717, 1.165) is 32.4 Å². The molecular formula is C24H29N3O4. The Kier molecular flexibility index (Phi) is 6.72. The maximum absolute atomic E-state index is 12.8. The van der Waals surface area contributed by atoms with Crippen LogP contribution in [-0.4, -0.2) is 43.1 Å². The maximum atomic E-state index is 12.8. The van der Waals surface area contributed by atoms with Gasteiger partial charge < -0.3 is 19.8 Å². The molecule has 0 bridgehead atoms. The molecule has 2 aliphatic rings. The van der Waals surface area contributed by atoms with Crippen molar-refractivity contribution in [1.82, 2.24) is 15.5 Å². The average molecular weight is 424 g/mol. The van der Waals surface area contributed by atoms with Crippen molar-refractivity contribution in [1.29, 1.82) is 0 Å². The number of amides is 2. The summed E-state index contributed by atoms with van der Waals surface area (Å²) in [4.78, 5) is 27.4. The number of rotatable bonds is 7. The third-order valence-electron chi connectivity index (χ3n) is 5.93. The zero-order valence-electron chi connectivity index (χ0n) is 17.8. The Morgan fingerprint density at radius 3 is 2.61 bits per heavy atom. The highest BCUT2D eigenvalue weighted by Crippen LogP contribution is 2.29. The number of piperidine rings is 1. The first kappa shape index (κ1) is 21.2. The number of likely N-dealkylation sites (tertiary alicyclic amines) is 1. The van der Waals surface area contributed by atoms with E-state index in [1.807, 2.05) is 6.07 Å². The number of nitrogens with one attached hydrogen (secondary N) is 2. The third kappa shape index (κ3) is 5.17. The first-order chi connectivity index (χ1) is 15.1. The van der Waals surface area contributed by atoms with Gasteiger partial charge in [0.25, 0.3) is 0 Å². The van der Waals surface area contributed by atoms with Gasteiger partial charge in [0.2, 0.25) is 0 Å². The lowest BCUT2D eigenvalue weighted by Gasteiger charge is -2.35. The topological polar surface area (TPSA) is 83.8 Å². The fourth-order valence-corrected chi connectivity index (χ4v) is 4.38. The first-order valence-corrected chi connectivity index (χ1v) is 10.9. The molecule has 164 valence electrons. The quantitative estimate of drug-likeness (QED) is 0.667. The molecule has 1 aromatic heterocycles. The highest BCUT2D eigenvalue weighted by molar-refractivity contribution is 5.95. The SMILES string of the molecule is CCOC(=O)C1=C(CN2CCC(Cc3ccccc3)CC2)NC(=O)NC1c1ccco1. The molecule has 0 aliphatic carbocycles. The van der Waals surface area contributed by atoms with E-state index in [0.29, 0.717) is 29.5 Å². The number of benzene rings is 1. The van der Waals surface area contributed by atoms with Crippen LogP contribution in [0.5, 0.6) is 0 Å². The van der Waals surface area contributed by atoms with Gasteiger partial charge in [-0.3, -0.25) is 4.90 Å². The van der Waals surface area contributed by atoms with Crippen LogP contribution in [-0.2, 0) is 16.0 Å². The summed E-state index contributed by atoms with van der Waals surface area (Å²) in [6, 6.07) is 13.1. The molecule has 2 aliphatic heterocycles. The second-order valence-corrected chi connectivity index (χ2v) is 8.07. The lowest BCUT2D eigenvalue weighted by atomic mass is 9.90. The Morgan fingerprint density at radius 1 is 1.16 bits per heavy atom. The normalized spacial score (nSPS) is 20.3. The summed E-state index contributed by atoms with van der Waals surface area (Å²) >= 11 is 0. The second kappa shape index (κ2) is 9.83. The van der Waals surface area contributed by atoms with E-state index in [-0.39, 0.29) is 12.6 Å². The van der Waals surface area contributed by atoms with Gasteiger partial charge in [-0.15, -0.1) is 0 Å². The standard InChI is InChI=1S/C24H29N3O4/c1-2-30-23(28)21-19(25-24(29)26-22(21)20-9-6-14-31-20)16-27-12-10-18(11-13-27)15-17-7-4-3-5-8-17/h3-9,14,18,22H,2,10-13,15-16H2,1H3,(H2,25,26,29). The number of carbonyl (C=O) groups excluding carboxylic acids is 2. The molecule has 0 saturated carbocycles. The van der Waals surface area contributed by atoms with Crippen LogP contribution < -0.4 is 10.6 Å². The molecule has 2 aromatic rings. The van der Waals surface area contributed by atoms with E-state index in [9.17, 15) is 9.59 Å². The molecule has 0 radical (unpaired) electrons. The van der Waals surface area contributed by atoms with Crippen LogP contribution in [0.1, 0.15) is 37.1 Å². The predicted octanol–water partition coefficient (Wildman–Crippen LogP) is 3.41. The Bertz CT molecular complexity index is 916. The number of esters is 1. The molecule has 1 fully saturated rings. The summed E-state index contributed by atoms with van der Waals surface area (Å²) in [6.07, 6.45) is 4.80. The van der Waals surface area contributed by atoms with E-state index >= 15 is 0 Å². The maximum Gasteiger partial charge on any atom is 0.338 e. The van der Waals surface area contributed by atoms with Gasteiger partial charge in [-0.25, -0.2) is 9.59 Å². The van der Waals surface area contributed by atoms with Gasteiger partial charge in [-0.2, -0.15) is 0 Å². The van der Waals surface area contributed by atoms with Crippen molar-refractivity contribution < 1.29 is 18.7 Å². The van der Waals surface area contributed by atoms with E-state index in [2.05, 4.69) is 39.8 Å². The van der Waals surface area contributed by atoms with Crippen molar-refractivity contribution in [2.45, 2.75) is 32.2 Å². The van der Waals surface area contributed by atoms with Crippen molar-refractivity contribution >= 4 is 12.0 Å². The number of hydrogen-bond donors (Lipinski definition) is 2. The lowest BCUT2D eigenvalue weighted by molar-refractivity contribution is -0.139. The zero-order valence-corrected chi connectivity index (χ0v) is 17.8. The number of carbonyl (C=O) groups is 2. The van der Waals surface area contributed by atoms with Gasteiger partial charge >= 0.3 is 12.0 Å². The molecule has 1 atom stereocenters. The molecule has 1 aromatic carbocycles. The zero-order chi connectivity index (χ0) is 21.6. The summed E-state index contributed by atoms with van der Waals surface area (Å²) in [5.74, 6) is 0.720. The molecule has 2 amide bonds. The fourth-order valence-electron chi connectivity index (χ4n) is 4.38. The molecule has 7 heteroatoms. The molecule has 2 N–H and O–H groups in total. The summed E-state index contributed by atoms with van der Waals surface area (Å²) in [7, 11) is 0. The van der Waals surface area contributed by atoms with Crippen LogP contribution in [0, 0.1) is 5.92 Å². The van der Waals surface area contributed by atoms with Crippen LogP contribution in [0.25, 0.3) is 0 Å². The average Bonchev–Trinajstić information content (AvgIpc) is 3.30. The van der Waals surface area contributed by atoms with Crippen LogP contribution in [0.2, 0.25) is 0 Å². The fraction of sp³-hybridized carbons (Fsp3) is 0.417. The number of urea groups is 1.